The number of likely N-dealkylation sites (tertiary alicyclic amines) is 1. The third-order valence-corrected chi connectivity index (χ3v) is 5.40. The van der Waals surface area contributed by atoms with Crippen molar-refractivity contribution in [1.29, 1.82) is 0 Å². The highest BCUT2D eigenvalue weighted by atomic mass is 127. The van der Waals surface area contributed by atoms with Crippen LogP contribution in [0.1, 0.15) is 38.5 Å². The average molecular weight is 538 g/mol. The summed E-state index contributed by atoms with van der Waals surface area (Å²) in [4.78, 5) is 19.9. The third kappa shape index (κ3) is 11.0. The summed E-state index contributed by atoms with van der Waals surface area (Å²) in [6.45, 7) is 10.9. The fraction of sp³-hybridized carbons (Fsp3) is 0.700. The van der Waals surface area contributed by atoms with E-state index in [9.17, 15) is 4.79 Å². The number of aliphatic imine (C=N–C) groups is 1. The molecule has 0 radical (unpaired) electrons. The van der Waals surface area contributed by atoms with Gasteiger partial charge in [-0.25, -0.2) is 4.79 Å². The van der Waals surface area contributed by atoms with Crippen LogP contribution in [0.2, 0.25) is 0 Å². The molecule has 1 aromatic rings. The van der Waals surface area contributed by atoms with Crippen LogP contribution >= 0.6 is 35.3 Å². The van der Waals surface area contributed by atoms with Gasteiger partial charge in [-0.3, -0.25) is 9.89 Å². The van der Waals surface area contributed by atoms with E-state index < -0.39 is 11.7 Å². The van der Waals surface area contributed by atoms with Crippen LogP contribution in [0.15, 0.2) is 22.5 Å². The molecule has 9 heteroatoms. The third-order valence-electron chi connectivity index (χ3n) is 4.53. The minimum Gasteiger partial charge on any atom is -0.444 e. The first-order chi connectivity index (χ1) is 13.4. The van der Waals surface area contributed by atoms with E-state index in [2.05, 4.69) is 43.4 Å². The van der Waals surface area contributed by atoms with Crippen molar-refractivity contribution in [2.24, 2.45) is 10.9 Å². The monoisotopic (exact) mass is 537 g/mol. The largest absolute Gasteiger partial charge is 0.444 e. The van der Waals surface area contributed by atoms with E-state index in [1.165, 1.54) is 17.7 Å². The number of amides is 1. The van der Waals surface area contributed by atoms with E-state index in [0.717, 1.165) is 32.1 Å². The molecule has 29 heavy (non-hydrogen) atoms. The molecule has 1 saturated heterocycles. The van der Waals surface area contributed by atoms with E-state index in [-0.39, 0.29) is 24.0 Å². The number of nitrogens with zero attached hydrogens (tertiary/aromatic N) is 2. The maximum absolute atomic E-state index is 11.6. The molecule has 2 heterocycles. The number of hydrogen-bond acceptors (Lipinski definition) is 5. The van der Waals surface area contributed by atoms with Gasteiger partial charge in [0.1, 0.15) is 5.60 Å². The Morgan fingerprint density at radius 3 is 2.52 bits per heavy atom. The highest BCUT2D eigenvalue weighted by Gasteiger charge is 2.20. The molecule has 0 aromatic carbocycles. The summed E-state index contributed by atoms with van der Waals surface area (Å²) in [5, 5.41) is 11.5. The van der Waals surface area contributed by atoms with Crippen LogP contribution < -0.4 is 16.0 Å². The molecule has 166 valence electrons. The Morgan fingerprint density at radius 2 is 1.93 bits per heavy atom. The lowest BCUT2D eigenvalue weighted by Crippen LogP contribution is -2.45. The van der Waals surface area contributed by atoms with Crippen molar-refractivity contribution in [1.82, 2.24) is 20.9 Å². The highest BCUT2D eigenvalue weighted by Crippen LogP contribution is 2.20. The molecule has 0 spiro atoms. The van der Waals surface area contributed by atoms with Crippen LogP contribution in [0.25, 0.3) is 0 Å². The number of carbonyl (C=O) groups is 1. The van der Waals surface area contributed by atoms with Crippen molar-refractivity contribution in [3.63, 3.8) is 0 Å². The summed E-state index contributed by atoms with van der Waals surface area (Å²) < 4.78 is 5.21. The SMILES string of the molecule is CN=C(NCCNC(=O)OC(C)(C)C)NCC1CCN(Cc2cccs2)CC1.I. The maximum Gasteiger partial charge on any atom is 0.407 e. The maximum atomic E-state index is 11.6. The van der Waals surface area contributed by atoms with Crippen molar-refractivity contribution < 1.29 is 9.53 Å². The van der Waals surface area contributed by atoms with Crippen LogP contribution in [0, 0.1) is 5.92 Å². The number of alkyl carbamates (subject to hydrolysis) is 1. The standard InChI is InChI=1S/C20H35N5O2S.HI/c1-20(2,3)27-19(26)23-10-9-22-18(21-4)24-14-16-7-11-25(12-8-16)15-17-6-5-13-28-17;/h5-6,13,16H,7-12,14-15H2,1-4H3,(H,23,26)(H2,21,22,24);1H. The summed E-state index contributed by atoms with van der Waals surface area (Å²) in [7, 11) is 1.76. The van der Waals surface area contributed by atoms with Crippen LogP contribution in [0.4, 0.5) is 4.79 Å². The van der Waals surface area contributed by atoms with E-state index in [0.29, 0.717) is 19.0 Å². The molecule has 1 aliphatic rings. The molecule has 1 fully saturated rings. The van der Waals surface area contributed by atoms with Crippen molar-refractivity contribution in [3.05, 3.63) is 22.4 Å². The second-order valence-corrected chi connectivity index (χ2v) is 9.14. The molecule has 2 rings (SSSR count). The van der Waals surface area contributed by atoms with Crippen LogP contribution in [0.5, 0.6) is 0 Å². The van der Waals surface area contributed by atoms with Gasteiger partial charge in [-0.15, -0.1) is 35.3 Å². The number of carbonyl (C=O) groups excluding carboxylic acids is 1. The second-order valence-electron chi connectivity index (χ2n) is 8.11. The van der Waals surface area contributed by atoms with Gasteiger partial charge in [-0.1, -0.05) is 6.07 Å². The van der Waals surface area contributed by atoms with Crippen molar-refractivity contribution >= 4 is 47.4 Å². The van der Waals surface area contributed by atoms with Gasteiger partial charge in [-0.2, -0.15) is 0 Å². The number of guanidine groups is 1. The number of ether oxygens (including phenoxy) is 1. The van der Waals surface area contributed by atoms with Crippen LogP contribution in [0.3, 0.4) is 0 Å². The fourth-order valence-corrected chi connectivity index (χ4v) is 3.84. The highest BCUT2D eigenvalue weighted by molar-refractivity contribution is 14.0. The van der Waals surface area contributed by atoms with Gasteiger partial charge in [0.2, 0.25) is 0 Å². The smallest absolute Gasteiger partial charge is 0.407 e. The molecule has 1 amide bonds. The molecule has 0 saturated carbocycles. The van der Waals surface area contributed by atoms with Crippen LogP contribution in [-0.2, 0) is 11.3 Å². The van der Waals surface area contributed by atoms with E-state index in [1.54, 1.807) is 7.05 Å². The Bertz CT molecular complexity index is 611. The molecule has 0 unspecified atom stereocenters. The zero-order valence-electron chi connectivity index (χ0n) is 18.0. The van der Waals surface area contributed by atoms with E-state index in [1.807, 2.05) is 32.1 Å². The summed E-state index contributed by atoms with van der Waals surface area (Å²) in [5.41, 5.74) is -0.478. The zero-order chi connectivity index (χ0) is 20.4. The minimum atomic E-state index is -0.478. The first-order valence-electron chi connectivity index (χ1n) is 10.0. The second kappa shape index (κ2) is 13.3. The van der Waals surface area contributed by atoms with Crippen molar-refractivity contribution in [2.45, 2.75) is 45.8 Å². The lowest BCUT2D eigenvalue weighted by atomic mass is 9.97. The van der Waals surface area contributed by atoms with Gasteiger partial charge in [0.15, 0.2) is 5.96 Å². The van der Waals surface area contributed by atoms with E-state index >= 15 is 0 Å². The van der Waals surface area contributed by atoms with Gasteiger partial charge < -0.3 is 20.7 Å². The van der Waals surface area contributed by atoms with Crippen LogP contribution in [-0.4, -0.2) is 62.3 Å². The number of halogens is 1. The van der Waals surface area contributed by atoms with Gasteiger partial charge in [0.25, 0.3) is 0 Å². The number of nitrogens with one attached hydrogen (secondary N) is 3. The molecule has 0 bridgehead atoms. The quantitative estimate of drug-likeness (QED) is 0.216. The summed E-state index contributed by atoms with van der Waals surface area (Å²) in [5.74, 6) is 1.44. The number of hydrogen-bond donors (Lipinski definition) is 3. The average Bonchev–Trinajstić information content (AvgIpc) is 3.14. The molecule has 1 aromatic heterocycles. The first kappa shape index (κ1) is 26.0. The normalized spacial score (nSPS) is 16.1. The number of piperidine rings is 1. The Morgan fingerprint density at radius 1 is 1.24 bits per heavy atom. The first-order valence-corrected chi connectivity index (χ1v) is 10.9. The van der Waals surface area contributed by atoms with Gasteiger partial charge >= 0.3 is 6.09 Å². The van der Waals surface area contributed by atoms with Crippen molar-refractivity contribution in [3.8, 4) is 0 Å². The topological polar surface area (TPSA) is 78.0 Å². The lowest BCUT2D eigenvalue weighted by molar-refractivity contribution is 0.0529. The number of thiophene rings is 1. The number of rotatable bonds is 7. The summed E-state index contributed by atoms with van der Waals surface area (Å²) in [6, 6.07) is 4.34. The molecule has 1 aliphatic heterocycles. The summed E-state index contributed by atoms with van der Waals surface area (Å²) >= 11 is 1.84. The van der Waals surface area contributed by atoms with E-state index in [4.69, 9.17) is 4.74 Å². The molecule has 0 atom stereocenters. The predicted octanol–water partition coefficient (Wildman–Crippen LogP) is 3.27. The molecular formula is C20H36IN5O2S. The molecule has 7 nitrogen and oxygen atoms in total. The predicted molar refractivity (Wildman–Crippen MR) is 131 cm³/mol. The zero-order valence-corrected chi connectivity index (χ0v) is 21.1. The Labute approximate surface area is 196 Å². The fourth-order valence-electron chi connectivity index (χ4n) is 3.09. The Hall–Kier alpha value is -1.07. The van der Waals surface area contributed by atoms with Gasteiger partial charge in [0.05, 0.1) is 0 Å². The molecule has 0 aliphatic carbocycles. The Balaban J connectivity index is 0.00000420. The Kier molecular flexibility index (Phi) is 11.9. The van der Waals surface area contributed by atoms with Gasteiger partial charge in [-0.05, 0) is 64.1 Å². The van der Waals surface area contributed by atoms with Gasteiger partial charge in [0, 0.05) is 38.1 Å². The minimum absolute atomic E-state index is 0. The molecular weight excluding hydrogens is 501 g/mol. The lowest BCUT2D eigenvalue weighted by Gasteiger charge is -2.32. The summed E-state index contributed by atoms with van der Waals surface area (Å²) in [6.07, 6.45) is 2.01. The molecule has 3 N–H and O–H groups in total. The van der Waals surface area contributed by atoms with Crippen molar-refractivity contribution in [2.75, 3.05) is 39.8 Å².